The van der Waals surface area contributed by atoms with Crippen molar-refractivity contribution >= 4 is 21.4 Å². The first kappa shape index (κ1) is 8.37. The van der Waals surface area contributed by atoms with E-state index < -0.39 is 10.0 Å². The van der Waals surface area contributed by atoms with Crippen LogP contribution in [0.25, 0.3) is 0 Å². The first-order valence-corrected chi connectivity index (χ1v) is 5.53. The van der Waals surface area contributed by atoms with Gasteiger partial charge in [-0.15, -0.1) is 0 Å². The number of nitrogens with one attached hydrogen (secondary N) is 1. The number of aryl methyl sites for hydroxylation is 1. The molecule has 0 aliphatic carbocycles. The van der Waals surface area contributed by atoms with Gasteiger partial charge in [0.1, 0.15) is 0 Å². The highest BCUT2D eigenvalue weighted by molar-refractivity contribution is 7.92. The average Bonchev–Trinajstić information content (AvgIpc) is 2.34. The van der Waals surface area contributed by atoms with Gasteiger partial charge in [0.2, 0.25) is 10.0 Å². The lowest BCUT2D eigenvalue weighted by molar-refractivity contribution is 0.602. The van der Waals surface area contributed by atoms with Gasteiger partial charge in [0.15, 0.2) is 0 Å². The van der Waals surface area contributed by atoms with Crippen molar-refractivity contribution in [1.29, 1.82) is 0 Å². The van der Waals surface area contributed by atoms with Crippen molar-refractivity contribution in [2.24, 2.45) is 0 Å². The quantitative estimate of drug-likeness (QED) is 0.606. The maximum absolute atomic E-state index is 11.2. The van der Waals surface area contributed by atoms with Crippen molar-refractivity contribution < 1.29 is 8.42 Å². The predicted molar refractivity (Wildman–Crippen MR) is 51.8 cm³/mol. The van der Waals surface area contributed by atoms with E-state index in [2.05, 4.69) is 4.72 Å². The van der Waals surface area contributed by atoms with Gasteiger partial charge in [-0.25, -0.2) is 8.42 Å². The summed E-state index contributed by atoms with van der Waals surface area (Å²) < 4.78 is 24.8. The van der Waals surface area contributed by atoms with Crippen molar-refractivity contribution in [3.8, 4) is 0 Å². The number of sulfonamides is 1. The molecule has 0 amide bonds. The zero-order valence-electron chi connectivity index (χ0n) is 7.16. The third-order valence-corrected chi connectivity index (χ3v) is 3.36. The summed E-state index contributed by atoms with van der Waals surface area (Å²) in [7, 11) is -3.17. The molecule has 13 heavy (non-hydrogen) atoms. The summed E-state index contributed by atoms with van der Waals surface area (Å²) in [6, 6.07) is 3.62. The topological polar surface area (TPSA) is 72.2 Å². The van der Waals surface area contributed by atoms with Gasteiger partial charge < -0.3 is 5.73 Å². The van der Waals surface area contributed by atoms with Gasteiger partial charge in [0.05, 0.1) is 17.1 Å². The third kappa shape index (κ3) is 1.25. The van der Waals surface area contributed by atoms with Crippen LogP contribution < -0.4 is 10.5 Å². The molecule has 0 saturated heterocycles. The van der Waals surface area contributed by atoms with Gasteiger partial charge >= 0.3 is 0 Å². The minimum atomic E-state index is -3.17. The second kappa shape index (κ2) is 2.38. The molecule has 3 N–H and O–H groups in total. The van der Waals surface area contributed by atoms with Gasteiger partial charge in [-0.1, -0.05) is 12.1 Å². The molecule has 1 heterocycles. The van der Waals surface area contributed by atoms with Crippen LogP contribution >= 0.6 is 0 Å². The maximum Gasteiger partial charge on any atom is 0.237 e. The predicted octanol–water partition coefficient (Wildman–Crippen LogP) is 0.833. The fraction of sp³-hybridized carbons (Fsp3) is 0.250. The van der Waals surface area contributed by atoms with Crippen LogP contribution in [0.5, 0.6) is 0 Å². The first-order valence-electron chi connectivity index (χ1n) is 3.88. The van der Waals surface area contributed by atoms with Crippen molar-refractivity contribution in [1.82, 2.24) is 0 Å². The average molecular weight is 198 g/mol. The molecule has 1 aliphatic rings. The molecule has 0 saturated carbocycles. The van der Waals surface area contributed by atoms with Crippen LogP contribution in [0, 0.1) is 6.92 Å². The Kier molecular flexibility index (Phi) is 1.53. The number of rotatable bonds is 0. The molecule has 0 aromatic heterocycles. The molecule has 1 aromatic rings. The number of nitrogens with two attached hydrogens (primary N) is 1. The molecular weight excluding hydrogens is 188 g/mol. The van der Waals surface area contributed by atoms with Gasteiger partial charge in [-0.3, -0.25) is 4.72 Å². The lowest BCUT2D eigenvalue weighted by Gasteiger charge is -2.05. The van der Waals surface area contributed by atoms with Gasteiger partial charge in [-0.2, -0.15) is 0 Å². The lowest BCUT2D eigenvalue weighted by atomic mass is 10.1. The molecule has 0 unspecified atom stereocenters. The van der Waals surface area contributed by atoms with E-state index in [1.165, 1.54) is 0 Å². The molecule has 0 fully saturated rings. The van der Waals surface area contributed by atoms with Gasteiger partial charge in [-0.05, 0) is 18.1 Å². The molecule has 0 radical (unpaired) electrons. The van der Waals surface area contributed by atoms with E-state index in [1.807, 2.05) is 13.0 Å². The Balaban J connectivity index is 2.65. The summed E-state index contributed by atoms with van der Waals surface area (Å²) >= 11 is 0. The lowest BCUT2D eigenvalue weighted by Crippen LogP contribution is -2.06. The molecule has 1 aliphatic heterocycles. The van der Waals surface area contributed by atoms with Crippen LogP contribution in [-0.2, 0) is 15.8 Å². The Labute approximate surface area is 76.8 Å². The highest BCUT2D eigenvalue weighted by Crippen LogP contribution is 2.34. The largest absolute Gasteiger partial charge is 0.397 e. The van der Waals surface area contributed by atoms with Crippen molar-refractivity contribution in [3.63, 3.8) is 0 Å². The second-order valence-corrected chi connectivity index (χ2v) is 4.91. The summed E-state index contributed by atoms with van der Waals surface area (Å²) in [6.07, 6.45) is 0. The van der Waals surface area contributed by atoms with Gasteiger partial charge in [0.25, 0.3) is 0 Å². The Morgan fingerprint density at radius 2 is 2.15 bits per heavy atom. The number of anilines is 2. The summed E-state index contributed by atoms with van der Waals surface area (Å²) in [5, 5.41) is 0. The molecule has 0 spiro atoms. The van der Waals surface area contributed by atoms with Gasteiger partial charge in [0, 0.05) is 0 Å². The number of nitrogen functional groups attached to an aromatic ring is 1. The van der Waals surface area contributed by atoms with Crippen molar-refractivity contribution in [2.45, 2.75) is 12.7 Å². The van der Waals surface area contributed by atoms with E-state index in [0.717, 1.165) is 11.1 Å². The summed E-state index contributed by atoms with van der Waals surface area (Å²) in [4.78, 5) is 0. The van der Waals surface area contributed by atoms with E-state index in [4.69, 9.17) is 5.73 Å². The summed E-state index contributed by atoms with van der Waals surface area (Å²) in [5.41, 5.74) is 8.45. The van der Waals surface area contributed by atoms with Crippen LogP contribution in [0.3, 0.4) is 0 Å². The van der Waals surface area contributed by atoms with Crippen molar-refractivity contribution in [3.05, 3.63) is 23.3 Å². The molecule has 0 atom stereocenters. The van der Waals surface area contributed by atoms with Crippen molar-refractivity contribution in [2.75, 3.05) is 10.5 Å². The van der Waals surface area contributed by atoms with Crippen LogP contribution in [0.2, 0.25) is 0 Å². The maximum atomic E-state index is 11.2. The molecule has 70 valence electrons. The zero-order valence-corrected chi connectivity index (χ0v) is 7.98. The fourth-order valence-corrected chi connectivity index (χ4v) is 2.68. The monoisotopic (exact) mass is 198 g/mol. The SMILES string of the molecule is Cc1ccc2c(c1N)NS(=O)(=O)C2. The molecule has 5 heteroatoms. The second-order valence-electron chi connectivity index (χ2n) is 3.19. The fourth-order valence-electron chi connectivity index (χ4n) is 1.41. The molecule has 4 nitrogen and oxygen atoms in total. The number of fused-ring (bicyclic) bond motifs is 1. The Bertz CT molecular complexity index is 465. The molecule has 2 rings (SSSR count). The molecular formula is C8H10N2O2S. The molecule has 1 aromatic carbocycles. The van der Waals surface area contributed by atoms with E-state index in [9.17, 15) is 8.42 Å². The minimum absolute atomic E-state index is 0.0345. The van der Waals surface area contributed by atoms with Crippen LogP contribution in [0.1, 0.15) is 11.1 Å². The Morgan fingerprint density at radius 3 is 2.85 bits per heavy atom. The van der Waals surface area contributed by atoms with Crippen LogP contribution in [0.15, 0.2) is 12.1 Å². The Hall–Kier alpha value is -1.23. The number of hydrogen-bond acceptors (Lipinski definition) is 3. The summed E-state index contributed by atoms with van der Waals surface area (Å²) in [6.45, 7) is 1.85. The van der Waals surface area contributed by atoms with E-state index in [-0.39, 0.29) is 5.75 Å². The standard InChI is InChI=1S/C8H10N2O2S/c1-5-2-3-6-4-13(11,12)10-8(6)7(5)9/h2-3,10H,4,9H2,1H3. The van der Waals surface area contributed by atoms with E-state index >= 15 is 0 Å². The highest BCUT2D eigenvalue weighted by Gasteiger charge is 2.25. The zero-order chi connectivity index (χ0) is 9.64. The summed E-state index contributed by atoms with van der Waals surface area (Å²) in [5.74, 6) is 0.0345. The van der Waals surface area contributed by atoms with Crippen LogP contribution in [-0.4, -0.2) is 8.42 Å². The molecule has 0 bridgehead atoms. The third-order valence-electron chi connectivity index (χ3n) is 2.15. The number of benzene rings is 1. The normalized spacial score (nSPS) is 17.9. The Morgan fingerprint density at radius 1 is 1.46 bits per heavy atom. The number of hydrogen-bond donors (Lipinski definition) is 2. The highest BCUT2D eigenvalue weighted by atomic mass is 32.2. The van der Waals surface area contributed by atoms with E-state index in [1.54, 1.807) is 6.07 Å². The minimum Gasteiger partial charge on any atom is -0.397 e. The first-order chi connectivity index (χ1) is 5.99. The smallest absolute Gasteiger partial charge is 0.237 e. The van der Waals surface area contributed by atoms with E-state index in [0.29, 0.717) is 11.4 Å². The van der Waals surface area contributed by atoms with Crippen LogP contribution in [0.4, 0.5) is 11.4 Å².